The standard InChI is InChI=1S/C16H17ClS/c1-12-7-8-13(2)16(9-12)18-11-15-6-4-3-5-14(15)10-17/h3-9H,10-11H2,1-2H3. The van der Waals surface area contributed by atoms with Crippen molar-refractivity contribution in [1.82, 2.24) is 0 Å². The minimum absolute atomic E-state index is 0.587. The highest BCUT2D eigenvalue weighted by molar-refractivity contribution is 7.98. The molecule has 0 aromatic heterocycles. The summed E-state index contributed by atoms with van der Waals surface area (Å²) in [6.07, 6.45) is 0. The van der Waals surface area contributed by atoms with E-state index >= 15 is 0 Å². The quantitative estimate of drug-likeness (QED) is 0.537. The van der Waals surface area contributed by atoms with Crippen LogP contribution < -0.4 is 0 Å². The molecule has 2 aromatic carbocycles. The molecule has 0 atom stereocenters. The highest BCUT2D eigenvalue weighted by Gasteiger charge is 2.04. The summed E-state index contributed by atoms with van der Waals surface area (Å²) in [5.41, 5.74) is 5.22. The minimum atomic E-state index is 0.587. The highest BCUT2D eigenvalue weighted by Crippen LogP contribution is 2.28. The van der Waals surface area contributed by atoms with E-state index in [1.807, 2.05) is 17.8 Å². The third-order valence-corrected chi connectivity index (χ3v) is 4.48. The number of hydrogen-bond donors (Lipinski definition) is 0. The van der Waals surface area contributed by atoms with E-state index in [4.69, 9.17) is 11.6 Å². The third-order valence-electron chi connectivity index (χ3n) is 2.99. The van der Waals surface area contributed by atoms with Gasteiger partial charge >= 0.3 is 0 Å². The Morgan fingerprint density at radius 3 is 2.44 bits per heavy atom. The molecule has 0 nitrogen and oxygen atoms in total. The second-order valence-corrected chi connectivity index (χ2v) is 5.74. The number of alkyl halides is 1. The fraction of sp³-hybridized carbons (Fsp3) is 0.250. The lowest BCUT2D eigenvalue weighted by Crippen LogP contribution is -1.89. The summed E-state index contributed by atoms with van der Waals surface area (Å²) >= 11 is 7.85. The number of aryl methyl sites for hydroxylation is 2. The van der Waals surface area contributed by atoms with Gasteiger partial charge in [-0.05, 0) is 36.6 Å². The van der Waals surface area contributed by atoms with Crippen molar-refractivity contribution in [2.75, 3.05) is 0 Å². The van der Waals surface area contributed by atoms with Crippen molar-refractivity contribution < 1.29 is 0 Å². The van der Waals surface area contributed by atoms with E-state index in [-0.39, 0.29) is 0 Å². The summed E-state index contributed by atoms with van der Waals surface area (Å²) in [4.78, 5) is 1.36. The first kappa shape index (κ1) is 13.5. The molecule has 0 aliphatic heterocycles. The molecule has 0 N–H and O–H groups in total. The van der Waals surface area contributed by atoms with Crippen LogP contribution in [0.25, 0.3) is 0 Å². The van der Waals surface area contributed by atoms with E-state index in [9.17, 15) is 0 Å². The molecule has 0 fully saturated rings. The normalized spacial score (nSPS) is 10.6. The van der Waals surface area contributed by atoms with E-state index < -0.39 is 0 Å². The van der Waals surface area contributed by atoms with Crippen molar-refractivity contribution in [1.29, 1.82) is 0 Å². The molecule has 0 heterocycles. The van der Waals surface area contributed by atoms with Gasteiger partial charge in [0.1, 0.15) is 0 Å². The summed E-state index contributed by atoms with van der Waals surface area (Å²) in [5.74, 6) is 1.57. The van der Waals surface area contributed by atoms with Crippen molar-refractivity contribution >= 4 is 23.4 Å². The topological polar surface area (TPSA) is 0 Å². The molecule has 0 radical (unpaired) electrons. The molecule has 2 rings (SSSR count). The molecule has 2 aromatic rings. The molecule has 0 aliphatic carbocycles. The zero-order valence-corrected chi connectivity index (χ0v) is 12.3. The van der Waals surface area contributed by atoms with Crippen LogP contribution >= 0.6 is 23.4 Å². The van der Waals surface area contributed by atoms with Gasteiger partial charge in [-0.3, -0.25) is 0 Å². The van der Waals surface area contributed by atoms with Crippen molar-refractivity contribution in [3.8, 4) is 0 Å². The Labute approximate surface area is 118 Å². The molecule has 0 unspecified atom stereocenters. The molecule has 0 bridgehead atoms. The van der Waals surface area contributed by atoms with E-state index in [2.05, 4.69) is 50.2 Å². The van der Waals surface area contributed by atoms with Gasteiger partial charge < -0.3 is 0 Å². The SMILES string of the molecule is Cc1ccc(C)c(SCc2ccccc2CCl)c1. The van der Waals surface area contributed by atoms with E-state index in [1.54, 1.807) is 0 Å². The van der Waals surface area contributed by atoms with E-state index in [0.717, 1.165) is 5.75 Å². The van der Waals surface area contributed by atoms with Gasteiger partial charge in [0.15, 0.2) is 0 Å². The fourth-order valence-electron chi connectivity index (χ4n) is 1.85. The van der Waals surface area contributed by atoms with Crippen LogP contribution in [-0.4, -0.2) is 0 Å². The Hall–Kier alpha value is -0.920. The third kappa shape index (κ3) is 3.30. The molecule has 0 spiro atoms. The highest BCUT2D eigenvalue weighted by atomic mass is 35.5. The van der Waals surface area contributed by atoms with Crippen LogP contribution in [0, 0.1) is 13.8 Å². The van der Waals surface area contributed by atoms with Crippen molar-refractivity contribution in [3.63, 3.8) is 0 Å². The second-order valence-electron chi connectivity index (χ2n) is 4.46. The Kier molecular flexibility index (Phi) is 4.73. The van der Waals surface area contributed by atoms with Crippen LogP contribution in [0.2, 0.25) is 0 Å². The maximum atomic E-state index is 5.96. The summed E-state index contributed by atoms with van der Waals surface area (Å²) in [5, 5.41) is 0. The van der Waals surface area contributed by atoms with Gasteiger partial charge in [0.25, 0.3) is 0 Å². The zero-order chi connectivity index (χ0) is 13.0. The van der Waals surface area contributed by atoms with Crippen molar-refractivity contribution in [2.24, 2.45) is 0 Å². The summed E-state index contributed by atoms with van der Waals surface area (Å²) in [7, 11) is 0. The molecule has 94 valence electrons. The number of hydrogen-bond acceptors (Lipinski definition) is 1. The molecule has 0 aliphatic rings. The summed E-state index contributed by atoms with van der Waals surface area (Å²) in [6, 6.07) is 15.0. The average molecular weight is 277 g/mol. The summed E-state index contributed by atoms with van der Waals surface area (Å²) < 4.78 is 0. The zero-order valence-electron chi connectivity index (χ0n) is 10.7. The van der Waals surface area contributed by atoms with Crippen molar-refractivity contribution in [2.45, 2.75) is 30.4 Å². The van der Waals surface area contributed by atoms with Crippen molar-refractivity contribution in [3.05, 3.63) is 64.7 Å². The first-order chi connectivity index (χ1) is 8.70. The maximum absolute atomic E-state index is 5.96. The monoisotopic (exact) mass is 276 g/mol. The lowest BCUT2D eigenvalue weighted by atomic mass is 10.1. The Morgan fingerprint density at radius 2 is 1.72 bits per heavy atom. The Balaban J connectivity index is 2.14. The van der Waals surface area contributed by atoms with Crippen LogP contribution in [0.4, 0.5) is 0 Å². The number of thioether (sulfide) groups is 1. The summed E-state index contributed by atoms with van der Waals surface area (Å²) in [6.45, 7) is 4.30. The van der Waals surface area contributed by atoms with Crippen LogP contribution in [0.1, 0.15) is 22.3 Å². The molecular weight excluding hydrogens is 260 g/mol. The molecule has 2 heteroatoms. The van der Waals surface area contributed by atoms with Gasteiger partial charge in [-0.25, -0.2) is 0 Å². The number of halogens is 1. The van der Waals surface area contributed by atoms with Gasteiger partial charge in [0.2, 0.25) is 0 Å². The molecule has 18 heavy (non-hydrogen) atoms. The predicted octanol–water partition coefficient (Wildman–Crippen LogP) is 5.33. The van der Waals surface area contributed by atoms with E-state index in [1.165, 1.54) is 27.1 Å². The number of benzene rings is 2. The van der Waals surface area contributed by atoms with Gasteiger partial charge in [-0.15, -0.1) is 23.4 Å². The van der Waals surface area contributed by atoms with Gasteiger partial charge in [0.05, 0.1) is 0 Å². The minimum Gasteiger partial charge on any atom is -0.122 e. The Morgan fingerprint density at radius 1 is 1.00 bits per heavy atom. The first-order valence-corrected chi connectivity index (χ1v) is 7.55. The lowest BCUT2D eigenvalue weighted by Gasteiger charge is -2.09. The van der Waals surface area contributed by atoms with Crippen LogP contribution in [0.5, 0.6) is 0 Å². The molecule has 0 saturated heterocycles. The Bertz CT molecular complexity index is 534. The first-order valence-electron chi connectivity index (χ1n) is 6.03. The largest absolute Gasteiger partial charge is 0.122 e. The molecule has 0 saturated carbocycles. The second kappa shape index (κ2) is 6.31. The van der Waals surface area contributed by atoms with Gasteiger partial charge in [0, 0.05) is 16.5 Å². The van der Waals surface area contributed by atoms with Crippen LogP contribution in [-0.2, 0) is 11.6 Å². The average Bonchev–Trinajstić information content (AvgIpc) is 2.40. The molecule has 0 amide bonds. The smallest absolute Gasteiger partial charge is 0.0477 e. The van der Waals surface area contributed by atoms with Crippen LogP contribution in [0.3, 0.4) is 0 Å². The fourth-order valence-corrected chi connectivity index (χ4v) is 3.27. The van der Waals surface area contributed by atoms with Gasteiger partial charge in [-0.2, -0.15) is 0 Å². The number of rotatable bonds is 4. The van der Waals surface area contributed by atoms with Crippen LogP contribution in [0.15, 0.2) is 47.4 Å². The maximum Gasteiger partial charge on any atom is 0.0477 e. The van der Waals surface area contributed by atoms with E-state index in [0.29, 0.717) is 5.88 Å². The van der Waals surface area contributed by atoms with Gasteiger partial charge in [-0.1, -0.05) is 42.0 Å². The predicted molar refractivity (Wildman–Crippen MR) is 81.5 cm³/mol. The molecular formula is C16H17ClS. The lowest BCUT2D eigenvalue weighted by molar-refractivity contribution is 1.23.